The topological polar surface area (TPSA) is 53.3 Å². The van der Waals surface area contributed by atoms with Gasteiger partial charge in [-0.15, -0.1) is 0 Å². The van der Waals surface area contributed by atoms with Crippen molar-refractivity contribution in [1.82, 2.24) is 0 Å². The van der Waals surface area contributed by atoms with Gasteiger partial charge in [0.2, 0.25) is 0 Å². The molecular formula is C11H9FN2O2. The van der Waals surface area contributed by atoms with Gasteiger partial charge < -0.3 is 4.74 Å². The van der Waals surface area contributed by atoms with Crippen LogP contribution in [-0.2, 0) is 4.79 Å². The van der Waals surface area contributed by atoms with Crippen LogP contribution in [0.3, 0.4) is 0 Å². The Bertz CT molecular complexity index is 493. The summed E-state index contributed by atoms with van der Waals surface area (Å²) >= 11 is 0. The largest absolute Gasteiger partial charge is 0.481 e. The lowest BCUT2D eigenvalue weighted by molar-refractivity contribution is -0.121. The van der Waals surface area contributed by atoms with Crippen molar-refractivity contribution in [1.29, 1.82) is 5.26 Å². The van der Waals surface area contributed by atoms with E-state index in [0.717, 1.165) is 0 Å². The molecule has 82 valence electrons. The number of ether oxygens (including phenoxy) is 1. The van der Waals surface area contributed by atoms with Crippen LogP contribution in [0.1, 0.15) is 5.56 Å². The number of nitrogens with zero attached hydrogens (tertiary/aromatic N) is 2. The maximum Gasteiger partial charge on any atom is 0.265 e. The number of hydrogen-bond acceptors (Lipinski definition) is 3. The van der Waals surface area contributed by atoms with Crippen LogP contribution in [0, 0.1) is 24.1 Å². The van der Waals surface area contributed by atoms with Gasteiger partial charge in [-0.3, -0.25) is 9.69 Å². The highest BCUT2D eigenvalue weighted by molar-refractivity contribution is 5.98. The van der Waals surface area contributed by atoms with Crippen LogP contribution in [0.25, 0.3) is 0 Å². The molecule has 0 aliphatic carbocycles. The molecule has 1 aliphatic heterocycles. The standard InChI is InChI=1S/C11H9FN2O2/c1-7-4-9-10(5-8(7)12)16-6-11(15)14(9)3-2-13/h4-5H,3,6H2,1H3. The fourth-order valence-electron chi connectivity index (χ4n) is 1.57. The third-order valence-electron chi connectivity index (χ3n) is 2.41. The summed E-state index contributed by atoms with van der Waals surface area (Å²) in [5.41, 5.74) is 0.872. The van der Waals surface area contributed by atoms with Crippen molar-refractivity contribution in [3.05, 3.63) is 23.5 Å². The lowest BCUT2D eigenvalue weighted by Crippen LogP contribution is -2.39. The maximum absolute atomic E-state index is 13.3. The fraction of sp³-hybridized carbons (Fsp3) is 0.273. The van der Waals surface area contributed by atoms with E-state index in [1.54, 1.807) is 6.92 Å². The number of rotatable bonds is 1. The molecule has 0 unspecified atom stereocenters. The summed E-state index contributed by atoms with van der Waals surface area (Å²) in [4.78, 5) is 12.8. The predicted molar refractivity (Wildman–Crippen MR) is 54.6 cm³/mol. The predicted octanol–water partition coefficient (Wildman–Crippen LogP) is 1.38. The van der Waals surface area contributed by atoms with E-state index < -0.39 is 0 Å². The molecule has 1 aromatic carbocycles. The highest BCUT2D eigenvalue weighted by atomic mass is 19.1. The highest BCUT2D eigenvalue weighted by Gasteiger charge is 2.26. The second-order valence-electron chi connectivity index (χ2n) is 3.50. The molecule has 1 amide bonds. The Morgan fingerprint density at radius 1 is 1.62 bits per heavy atom. The average molecular weight is 220 g/mol. The first kappa shape index (κ1) is 10.4. The van der Waals surface area contributed by atoms with Crippen molar-refractivity contribution < 1.29 is 13.9 Å². The summed E-state index contributed by atoms with van der Waals surface area (Å²) in [6, 6.07) is 4.65. The Labute approximate surface area is 91.8 Å². The molecule has 0 atom stereocenters. The van der Waals surface area contributed by atoms with Crippen LogP contribution in [0.5, 0.6) is 5.75 Å². The molecule has 1 aliphatic rings. The number of carbonyl (C=O) groups excluding carboxylic acids is 1. The van der Waals surface area contributed by atoms with Gasteiger partial charge in [-0.2, -0.15) is 5.26 Å². The second kappa shape index (κ2) is 3.81. The van der Waals surface area contributed by atoms with Gasteiger partial charge in [-0.1, -0.05) is 0 Å². The van der Waals surface area contributed by atoms with Crippen LogP contribution in [0.15, 0.2) is 12.1 Å². The van der Waals surface area contributed by atoms with Crippen molar-refractivity contribution in [3.63, 3.8) is 0 Å². The average Bonchev–Trinajstić information content (AvgIpc) is 2.25. The normalized spacial score (nSPS) is 14.1. The smallest absolute Gasteiger partial charge is 0.265 e. The van der Waals surface area contributed by atoms with Gasteiger partial charge in [0, 0.05) is 6.07 Å². The van der Waals surface area contributed by atoms with E-state index >= 15 is 0 Å². The molecule has 0 bridgehead atoms. The molecule has 0 N–H and O–H groups in total. The number of aryl methyl sites for hydroxylation is 1. The Morgan fingerprint density at radius 3 is 3.06 bits per heavy atom. The number of benzene rings is 1. The van der Waals surface area contributed by atoms with E-state index in [2.05, 4.69) is 0 Å². The molecule has 0 spiro atoms. The summed E-state index contributed by atoms with van der Waals surface area (Å²) in [7, 11) is 0. The zero-order valence-corrected chi connectivity index (χ0v) is 8.66. The van der Waals surface area contributed by atoms with Crippen molar-refractivity contribution >= 4 is 11.6 Å². The Morgan fingerprint density at radius 2 is 2.38 bits per heavy atom. The number of nitriles is 1. The van der Waals surface area contributed by atoms with E-state index in [9.17, 15) is 9.18 Å². The highest BCUT2D eigenvalue weighted by Crippen LogP contribution is 2.33. The number of halogens is 1. The van der Waals surface area contributed by atoms with Crippen molar-refractivity contribution in [2.75, 3.05) is 18.1 Å². The quantitative estimate of drug-likeness (QED) is 0.672. The van der Waals surface area contributed by atoms with Crippen molar-refractivity contribution in [3.8, 4) is 11.8 Å². The number of amides is 1. The summed E-state index contributed by atoms with van der Waals surface area (Å²) in [5, 5.41) is 8.63. The molecule has 0 saturated carbocycles. The molecule has 0 radical (unpaired) electrons. The van der Waals surface area contributed by atoms with Gasteiger partial charge in [-0.05, 0) is 18.6 Å². The minimum absolute atomic E-state index is 0.0553. The fourth-order valence-corrected chi connectivity index (χ4v) is 1.57. The zero-order valence-electron chi connectivity index (χ0n) is 8.66. The molecule has 0 saturated heterocycles. The van der Waals surface area contributed by atoms with E-state index in [1.807, 2.05) is 6.07 Å². The molecule has 2 rings (SSSR count). The zero-order chi connectivity index (χ0) is 11.7. The molecule has 16 heavy (non-hydrogen) atoms. The minimum Gasteiger partial charge on any atom is -0.481 e. The van der Waals surface area contributed by atoms with E-state index in [-0.39, 0.29) is 24.9 Å². The lowest BCUT2D eigenvalue weighted by Gasteiger charge is -2.27. The van der Waals surface area contributed by atoms with E-state index in [1.165, 1.54) is 17.0 Å². The second-order valence-corrected chi connectivity index (χ2v) is 3.50. The van der Waals surface area contributed by atoms with Gasteiger partial charge in [0.05, 0.1) is 11.8 Å². The van der Waals surface area contributed by atoms with Crippen LogP contribution in [-0.4, -0.2) is 19.1 Å². The molecule has 1 heterocycles. The van der Waals surface area contributed by atoms with E-state index in [0.29, 0.717) is 17.0 Å². The van der Waals surface area contributed by atoms with E-state index in [4.69, 9.17) is 10.00 Å². The monoisotopic (exact) mass is 220 g/mol. The number of anilines is 1. The SMILES string of the molecule is Cc1cc2c(cc1F)OCC(=O)N2CC#N. The summed E-state index contributed by atoms with van der Waals surface area (Å²) in [6.07, 6.45) is 0. The molecule has 4 nitrogen and oxygen atoms in total. The van der Waals surface area contributed by atoms with Crippen LogP contribution >= 0.6 is 0 Å². The third kappa shape index (κ3) is 1.58. The Hall–Kier alpha value is -2.09. The van der Waals surface area contributed by atoms with Crippen LogP contribution < -0.4 is 9.64 Å². The van der Waals surface area contributed by atoms with Crippen molar-refractivity contribution in [2.45, 2.75) is 6.92 Å². The first-order valence-corrected chi connectivity index (χ1v) is 4.73. The molecule has 0 fully saturated rings. The summed E-state index contributed by atoms with van der Waals surface area (Å²) in [5.74, 6) is -0.372. The van der Waals surface area contributed by atoms with Gasteiger partial charge in [0.25, 0.3) is 5.91 Å². The van der Waals surface area contributed by atoms with Gasteiger partial charge in [-0.25, -0.2) is 4.39 Å². The number of hydrogen-bond donors (Lipinski definition) is 0. The summed E-state index contributed by atoms with van der Waals surface area (Å²) < 4.78 is 18.4. The van der Waals surface area contributed by atoms with Gasteiger partial charge in [0.15, 0.2) is 6.61 Å². The molecular weight excluding hydrogens is 211 g/mol. The lowest BCUT2D eigenvalue weighted by atomic mass is 10.1. The van der Waals surface area contributed by atoms with Crippen LogP contribution in [0.4, 0.5) is 10.1 Å². The Kier molecular flexibility index (Phi) is 2.49. The number of fused-ring (bicyclic) bond motifs is 1. The first-order chi connectivity index (χ1) is 7.63. The minimum atomic E-state index is -0.384. The van der Waals surface area contributed by atoms with Gasteiger partial charge >= 0.3 is 0 Å². The molecule has 1 aromatic rings. The molecule has 5 heteroatoms. The number of carbonyl (C=O) groups is 1. The molecule has 0 aromatic heterocycles. The summed E-state index contributed by atoms with van der Waals surface area (Å²) in [6.45, 7) is 1.39. The van der Waals surface area contributed by atoms with Crippen molar-refractivity contribution in [2.24, 2.45) is 0 Å². The first-order valence-electron chi connectivity index (χ1n) is 4.73. The Balaban J connectivity index is 2.51. The van der Waals surface area contributed by atoms with Gasteiger partial charge in [0.1, 0.15) is 18.1 Å². The van der Waals surface area contributed by atoms with Crippen LogP contribution in [0.2, 0.25) is 0 Å². The maximum atomic E-state index is 13.3. The third-order valence-corrected chi connectivity index (χ3v) is 2.41.